The van der Waals surface area contributed by atoms with Crippen LogP contribution in [0.2, 0.25) is 0 Å². The van der Waals surface area contributed by atoms with Gasteiger partial charge in [-0.15, -0.1) is 5.10 Å². The van der Waals surface area contributed by atoms with E-state index in [0.29, 0.717) is 23.4 Å². The summed E-state index contributed by atoms with van der Waals surface area (Å²) in [5.41, 5.74) is 2.40. The Balaban J connectivity index is 1.55. The summed E-state index contributed by atoms with van der Waals surface area (Å²) in [6.45, 7) is 5.60. The summed E-state index contributed by atoms with van der Waals surface area (Å²) in [4.78, 5) is 19.0. The van der Waals surface area contributed by atoms with Crippen molar-refractivity contribution in [3.8, 4) is 0 Å². The van der Waals surface area contributed by atoms with Crippen molar-refractivity contribution in [1.29, 1.82) is 0 Å². The highest BCUT2D eigenvalue weighted by molar-refractivity contribution is 7.99. The minimum atomic E-state index is 0.139. The number of aryl methyl sites for hydroxylation is 1. The Morgan fingerprint density at radius 2 is 2.08 bits per heavy atom. The first kappa shape index (κ1) is 17.0. The van der Waals surface area contributed by atoms with Gasteiger partial charge in [0.1, 0.15) is 5.82 Å². The van der Waals surface area contributed by atoms with Crippen LogP contribution in [-0.2, 0) is 11.3 Å². The summed E-state index contributed by atoms with van der Waals surface area (Å²) in [6.07, 6.45) is 3.34. The summed E-state index contributed by atoms with van der Waals surface area (Å²) >= 11 is 1.42. The highest BCUT2D eigenvalue weighted by atomic mass is 32.2. The fourth-order valence-electron chi connectivity index (χ4n) is 2.56. The fraction of sp³-hybridized carbons (Fsp3) is 0.500. The molecule has 1 aliphatic carbocycles. The van der Waals surface area contributed by atoms with Crippen molar-refractivity contribution in [3.05, 3.63) is 41.2 Å². The number of carbonyl (C=O) groups is 1. The molecule has 0 atom stereocenters. The van der Waals surface area contributed by atoms with E-state index in [9.17, 15) is 4.79 Å². The molecule has 0 unspecified atom stereocenters. The zero-order valence-electron chi connectivity index (χ0n) is 14.3. The number of rotatable bonds is 8. The van der Waals surface area contributed by atoms with Crippen LogP contribution in [0.5, 0.6) is 0 Å². The molecule has 1 saturated carbocycles. The van der Waals surface area contributed by atoms with Gasteiger partial charge in [0.15, 0.2) is 0 Å². The average Bonchev–Trinajstić information content (AvgIpc) is 3.33. The largest absolute Gasteiger partial charge is 0.338 e. The van der Waals surface area contributed by atoms with Gasteiger partial charge in [-0.2, -0.15) is 0 Å². The molecule has 2 aromatic rings. The van der Waals surface area contributed by atoms with E-state index in [0.717, 1.165) is 18.8 Å². The molecule has 5 nitrogen and oxygen atoms in total. The van der Waals surface area contributed by atoms with Crippen LogP contribution in [0.3, 0.4) is 0 Å². The SMILES string of the molecule is CCCN(Cc1ccc(C)cc1)C(=O)CSc1n[nH]c(C2CC2)n1. The quantitative estimate of drug-likeness (QED) is 0.744. The standard InChI is InChI=1S/C18H24N4OS/c1-3-10-22(11-14-6-4-13(2)5-7-14)16(23)12-24-18-19-17(20-21-18)15-8-9-15/h4-7,15H,3,8-12H2,1-2H3,(H,19,20,21). The number of thioether (sulfide) groups is 1. The topological polar surface area (TPSA) is 61.9 Å². The number of amides is 1. The molecule has 24 heavy (non-hydrogen) atoms. The van der Waals surface area contributed by atoms with Gasteiger partial charge in [0.25, 0.3) is 0 Å². The molecule has 1 aromatic carbocycles. The van der Waals surface area contributed by atoms with Gasteiger partial charge in [-0.25, -0.2) is 4.98 Å². The molecule has 1 amide bonds. The molecule has 128 valence electrons. The lowest BCUT2D eigenvalue weighted by Crippen LogP contribution is -2.32. The number of nitrogens with one attached hydrogen (secondary N) is 1. The summed E-state index contributed by atoms with van der Waals surface area (Å²) < 4.78 is 0. The normalized spacial score (nSPS) is 13.9. The summed E-state index contributed by atoms with van der Waals surface area (Å²) in [5.74, 6) is 2.05. The van der Waals surface area contributed by atoms with Crippen molar-refractivity contribution < 1.29 is 4.79 Å². The lowest BCUT2D eigenvalue weighted by molar-refractivity contribution is -0.129. The lowest BCUT2D eigenvalue weighted by atomic mass is 10.1. The number of carbonyl (C=O) groups excluding carboxylic acids is 1. The Hall–Kier alpha value is -1.82. The Morgan fingerprint density at radius 1 is 1.33 bits per heavy atom. The van der Waals surface area contributed by atoms with Crippen molar-refractivity contribution in [1.82, 2.24) is 20.1 Å². The second-order valence-electron chi connectivity index (χ2n) is 6.37. The molecule has 0 saturated heterocycles. The van der Waals surface area contributed by atoms with E-state index < -0.39 is 0 Å². The smallest absolute Gasteiger partial charge is 0.233 e. The van der Waals surface area contributed by atoms with E-state index in [1.165, 1.54) is 35.7 Å². The van der Waals surface area contributed by atoms with E-state index in [-0.39, 0.29) is 5.91 Å². The highest BCUT2D eigenvalue weighted by Gasteiger charge is 2.27. The Labute approximate surface area is 147 Å². The van der Waals surface area contributed by atoms with Crippen LogP contribution in [0.4, 0.5) is 0 Å². The fourth-order valence-corrected chi connectivity index (χ4v) is 3.26. The van der Waals surface area contributed by atoms with Gasteiger partial charge in [0.05, 0.1) is 5.75 Å². The van der Waals surface area contributed by atoms with Gasteiger partial charge in [-0.1, -0.05) is 48.5 Å². The Morgan fingerprint density at radius 3 is 2.75 bits per heavy atom. The monoisotopic (exact) mass is 344 g/mol. The van der Waals surface area contributed by atoms with Crippen LogP contribution in [0.15, 0.2) is 29.4 Å². The molecule has 1 fully saturated rings. The third-order valence-electron chi connectivity index (χ3n) is 4.11. The minimum Gasteiger partial charge on any atom is -0.338 e. The van der Waals surface area contributed by atoms with Crippen molar-refractivity contribution in [2.45, 2.75) is 50.7 Å². The first-order chi connectivity index (χ1) is 11.7. The van der Waals surface area contributed by atoms with Gasteiger partial charge < -0.3 is 4.90 Å². The van der Waals surface area contributed by atoms with E-state index in [2.05, 4.69) is 53.3 Å². The molecule has 3 rings (SSSR count). The van der Waals surface area contributed by atoms with Crippen molar-refractivity contribution >= 4 is 17.7 Å². The zero-order chi connectivity index (χ0) is 16.9. The van der Waals surface area contributed by atoms with Crippen LogP contribution < -0.4 is 0 Å². The third-order valence-corrected chi connectivity index (χ3v) is 4.94. The van der Waals surface area contributed by atoms with Gasteiger partial charge in [-0.05, 0) is 31.7 Å². The molecule has 0 bridgehead atoms. The van der Waals surface area contributed by atoms with E-state index in [4.69, 9.17) is 0 Å². The van der Waals surface area contributed by atoms with Crippen LogP contribution in [0.1, 0.15) is 49.1 Å². The van der Waals surface area contributed by atoms with Crippen LogP contribution in [0.25, 0.3) is 0 Å². The van der Waals surface area contributed by atoms with Gasteiger partial charge >= 0.3 is 0 Å². The summed E-state index contributed by atoms with van der Waals surface area (Å²) in [6, 6.07) is 8.36. The van der Waals surface area contributed by atoms with Crippen molar-refractivity contribution in [2.75, 3.05) is 12.3 Å². The lowest BCUT2D eigenvalue weighted by Gasteiger charge is -2.22. The predicted octanol–water partition coefficient (Wildman–Crippen LogP) is 3.52. The van der Waals surface area contributed by atoms with E-state index in [1.807, 2.05) is 4.90 Å². The van der Waals surface area contributed by atoms with E-state index >= 15 is 0 Å². The molecular formula is C18H24N4OS. The summed E-state index contributed by atoms with van der Waals surface area (Å²) in [7, 11) is 0. The molecule has 1 aliphatic rings. The second-order valence-corrected chi connectivity index (χ2v) is 7.31. The molecule has 1 N–H and O–H groups in total. The number of hydrogen-bond donors (Lipinski definition) is 1. The number of aromatic amines is 1. The number of benzene rings is 1. The van der Waals surface area contributed by atoms with Crippen molar-refractivity contribution in [3.63, 3.8) is 0 Å². The van der Waals surface area contributed by atoms with Crippen molar-refractivity contribution in [2.24, 2.45) is 0 Å². The number of nitrogens with zero attached hydrogens (tertiary/aromatic N) is 3. The first-order valence-electron chi connectivity index (χ1n) is 8.54. The van der Waals surface area contributed by atoms with Gasteiger partial charge in [0, 0.05) is 19.0 Å². The zero-order valence-corrected chi connectivity index (χ0v) is 15.1. The molecule has 0 aliphatic heterocycles. The van der Waals surface area contributed by atoms with E-state index in [1.54, 1.807) is 0 Å². The molecular weight excluding hydrogens is 320 g/mol. The second kappa shape index (κ2) is 7.83. The number of aromatic nitrogens is 3. The molecule has 6 heteroatoms. The maximum absolute atomic E-state index is 12.6. The Bertz CT molecular complexity index is 679. The van der Waals surface area contributed by atoms with Crippen LogP contribution >= 0.6 is 11.8 Å². The average molecular weight is 344 g/mol. The predicted molar refractivity (Wildman–Crippen MR) is 96.0 cm³/mol. The molecule has 0 spiro atoms. The molecule has 1 aromatic heterocycles. The summed E-state index contributed by atoms with van der Waals surface area (Å²) in [5, 5.41) is 7.87. The Kier molecular flexibility index (Phi) is 5.56. The maximum Gasteiger partial charge on any atom is 0.233 e. The van der Waals surface area contributed by atoms with Crippen LogP contribution in [0, 0.1) is 6.92 Å². The van der Waals surface area contributed by atoms with Crippen LogP contribution in [-0.4, -0.2) is 38.3 Å². The minimum absolute atomic E-state index is 0.139. The van der Waals surface area contributed by atoms with Gasteiger partial charge in [-0.3, -0.25) is 9.89 Å². The van der Waals surface area contributed by atoms with Gasteiger partial charge in [0.2, 0.25) is 11.1 Å². The highest BCUT2D eigenvalue weighted by Crippen LogP contribution is 2.38. The third kappa shape index (κ3) is 4.60. The molecule has 1 heterocycles. The number of hydrogen-bond acceptors (Lipinski definition) is 4. The molecule has 0 radical (unpaired) electrons. The first-order valence-corrected chi connectivity index (χ1v) is 9.52. The number of H-pyrrole nitrogens is 1. The maximum atomic E-state index is 12.6.